The van der Waals surface area contributed by atoms with Gasteiger partial charge in [-0.1, -0.05) is 0 Å². The first-order valence-corrected chi connectivity index (χ1v) is 8.36. The van der Waals surface area contributed by atoms with Crippen molar-refractivity contribution in [3.8, 4) is 6.07 Å². The lowest BCUT2D eigenvalue weighted by Crippen LogP contribution is -2.17. The molecule has 25 heavy (non-hydrogen) atoms. The van der Waals surface area contributed by atoms with E-state index in [-0.39, 0.29) is 21.9 Å². The highest BCUT2D eigenvalue weighted by molar-refractivity contribution is 7.93. The number of hydrogen-bond acceptors (Lipinski definition) is 5. The molecule has 128 valence electrons. The van der Waals surface area contributed by atoms with E-state index in [2.05, 4.69) is 4.98 Å². The van der Waals surface area contributed by atoms with Crippen LogP contribution in [0, 0.1) is 17.1 Å². The molecule has 0 bridgehead atoms. The topological polar surface area (TPSA) is 136 Å². The van der Waals surface area contributed by atoms with Gasteiger partial charge in [0.2, 0.25) is 0 Å². The van der Waals surface area contributed by atoms with Gasteiger partial charge in [0.25, 0.3) is 10.0 Å². The summed E-state index contributed by atoms with van der Waals surface area (Å²) in [5.74, 6) is -2.55. The molecule has 0 saturated heterocycles. The number of aromatic nitrogens is 1. The van der Waals surface area contributed by atoms with Gasteiger partial charge in [0, 0.05) is 6.07 Å². The number of carboxylic acid groups (broad SMARTS) is 1. The maximum atomic E-state index is 13.9. The van der Waals surface area contributed by atoms with Crippen molar-refractivity contribution in [1.82, 2.24) is 4.98 Å². The van der Waals surface area contributed by atoms with E-state index in [1.807, 2.05) is 4.72 Å². The summed E-state index contributed by atoms with van der Waals surface area (Å²) in [5.41, 5.74) is -1.37. The minimum Gasteiger partial charge on any atom is -0.477 e. The van der Waals surface area contributed by atoms with Crippen LogP contribution in [-0.4, -0.2) is 24.5 Å². The summed E-state index contributed by atoms with van der Waals surface area (Å²) in [5, 5.41) is 17.7. The van der Waals surface area contributed by atoms with Crippen molar-refractivity contribution >= 4 is 44.4 Å². The summed E-state index contributed by atoms with van der Waals surface area (Å²) < 4.78 is 46.1. The molecule has 1 aromatic carbocycles. The van der Waals surface area contributed by atoms with Gasteiger partial charge in [0.1, 0.15) is 11.5 Å². The molecule has 0 spiro atoms. The van der Waals surface area contributed by atoms with Crippen molar-refractivity contribution in [3.05, 3.63) is 46.6 Å². The van der Waals surface area contributed by atoms with Gasteiger partial charge in [-0.2, -0.15) is 5.26 Å². The van der Waals surface area contributed by atoms with E-state index in [0.29, 0.717) is 0 Å². The fourth-order valence-electron chi connectivity index (χ4n) is 2.20. The van der Waals surface area contributed by atoms with Crippen LogP contribution >= 0.6 is 11.6 Å². The summed E-state index contributed by atoms with van der Waals surface area (Å²) in [6.07, 6.45) is 0. The standard InChI is InChI=1S/C14H7ClFN3O5S/c15-10-4-9-12(24-10)13(11(18-9)14(20)21)25(22,23)19-8-2-1-6(5-17)3-7(8)16/h1-4,18-19H,(H,20,21). The Morgan fingerprint density at radius 3 is 2.72 bits per heavy atom. The number of carboxylic acids is 1. The first-order chi connectivity index (χ1) is 11.7. The second-order valence-corrected chi connectivity index (χ2v) is 6.83. The molecule has 3 N–H and O–H groups in total. The fraction of sp³-hybridized carbons (Fsp3) is 0. The van der Waals surface area contributed by atoms with E-state index in [9.17, 15) is 22.7 Å². The third-order valence-corrected chi connectivity index (χ3v) is 4.82. The minimum atomic E-state index is -4.54. The number of hydrogen-bond donors (Lipinski definition) is 3. The van der Waals surface area contributed by atoms with Gasteiger partial charge < -0.3 is 14.5 Å². The first-order valence-electron chi connectivity index (χ1n) is 6.49. The lowest BCUT2D eigenvalue weighted by molar-refractivity contribution is 0.0687. The van der Waals surface area contributed by atoms with E-state index in [0.717, 1.165) is 12.1 Å². The maximum Gasteiger partial charge on any atom is 0.353 e. The quantitative estimate of drug-likeness (QED) is 0.633. The van der Waals surface area contributed by atoms with Crippen molar-refractivity contribution in [3.63, 3.8) is 0 Å². The lowest BCUT2D eigenvalue weighted by atomic mass is 10.2. The highest BCUT2D eigenvalue weighted by Crippen LogP contribution is 2.33. The number of fused-ring (bicyclic) bond motifs is 1. The molecule has 2 aromatic heterocycles. The number of anilines is 1. The lowest BCUT2D eigenvalue weighted by Gasteiger charge is -2.08. The van der Waals surface area contributed by atoms with Gasteiger partial charge in [-0.05, 0) is 29.8 Å². The summed E-state index contributed by atoms with van der Waals surface area (Å²) in [6.45, 7) is 0. The van der Waals surface area contributed by atoms with E-state index < -0.39 is 38.1 Å². The number of nitrogens with one attached hydrogen (secondary N) is 2. The number of halogens is 2. The van der Waals surface area contributed by atoms with Gasteiger partial charge in [-0.3, -0.25) is 4.72 Å². The number of aromatic carboxylic acids is 1. The average molecular weight is 384 g/mol. The molecule has 11 heteroatoms. The largest absolute Gasteiger partial charge is 0.477 e. The number of aromatic amines is 1. The zero-order chi connectivity index (χ0) is 18.4. The van der Waals surface area contributed by atoms with Crippen LogP contribution in [0.4, 0.5) is 10.1 Å². The molecular formula is C14H7ClFN3O5S. The van der Waals surface area contributed by atoms with Crippen LogP contribution in [-0.2, 0) is 10.0 Å². The number of benzene rings is 1. The highest BCUT2D eigenvalue weighted by Gasteiger charge is 2.31. The molecule has 0 amide bonds. The zero-order valence-corrected chi connectivity index (χ0v) is 13.6. The Bertz CT molecular complexity index is 1160. The molecular weight excluding hydrogens is 377 g/mol. The number of carbonyl (C=O) groups is 1. The molecule has 3 rings (SSSR count). The van der Waals surface area contributed by atoms with Crippen LogP contribution in [0.1, 0.15) is 16.1 Å². The molecule has 0 unspecified atom stereocenters. The van der Waals surface area contributed by atoms with Crippen molar-refractivity contribution in [1.29, 1.82) is 5.26 Å². The smallest absolute Gasteiger partial charge is 0.353 e. The third kappa shape index (κ3) is 2.90. The van der Waals surface area contributed by atoms with Crippen molar-refractivity contribution < 1.29 is 27.1 Å². The molecule has 0 saturated carbocycles. The van der Waals surface area contributed by atoms with Gasteiger partial charge in [0.05, 0.1) is 22.8 Å². The Balaban J connectivity index is 2.14. The summed E-state index contributed by atoms with van der Waals surface area (Å²) in [4.78, 5) is 13.0. The second kappa shape index (κ2) is 5.80. The van der Waals surface area contributed by atoms with Crippen molar-refractivity contribution in [2.75, 3.05) is 4.72 Å². The van der Waals surface area contributed by atoms with Gasteiger partial charge in [-0.25, -0.2) is 17.6 Å². The fourth-order valence-corrected chi connectivity index (χ4v) is 3.74. The molecule has 8 nitrogen and oxygen atoms in total. The number of nitriles is 1. The Hall–Kier alpha value is -3.03. The summed E-state index contributed by atoms with van der Waals surface area (Å²) >= 11 is 5.66. The van der Waals surface area contributed by atoms with Crippen LogP contribution in [0.3, 0.4) is 0 Å². The second-order valence-electron chi connectivity index (χ2n) is 4.84. The predicted molar refractivity (Wildman–Crippen MR) is 84.5 cm³/mol. The van der Waals surface area contributed by atoms with E-state index >= 15 is 0 Å². The third-order valence-electron chi connectivity index (χ3n) is 3.22. The van der Waals surface area contributed by atoms with Crippen LogP contribution in [0.5, 0.6) is 0 Å². The monoisotopic (exact) mass is 383 g/mol. The first kappa shape index (κ1) is 16.8. The zero-order valence-electron chi connectivity index (χ0n) is 12.0. The van der Waals surface area contributed by atoms with Crippen LogP contribution in [0.15, 0.2) is 33.6 Å². The molecule has 3 aromatic rings. The van der Waals surface area contributed by atoms with E-state index in [1.54, 1.807) is 6.07 Å². The molecule has 0 fully saturated rings. The molecule has 0 atom stereocenters. The molecule has 0 aliphatic heterocycles. The van der Waals surface area contributed by atoms with Crippen LogP contribution < -0.4 is 4.72 Å². The highest BCUT2D eigenvalue weighted by atomic mass is 35.5. The SMILES string of the molecule is N#Cc1ccc(NS(=O)(=O)c2c(C(=O)O)[nH]c3cc(Cl)oc23)c(F)c1. The maximum absolute atomic E-state index is 13.9. The Morgan fingerprint density at radius 1 is 1.40 bits per heavy atom. The Kier molecular flexibility index (Phi) is 3.90. The van der Waals surface area contributed by atoms with Gasteiger partial charge >= 0.3 is 5.97 Å². The van der Waals surface area contributed by atoms with Crippen LogP contribution in [0.25, 0.3) is 11.1 Å². The number of rotatable bonds is 4. The summed E-state index contributed by atoms with van der Waals surface area (Å²) in [7, 11) is -4.54. The van der Waals surface area contributed by atoms with Crippen molar-refractivity contribution in [2.24, 2.45) is 0 Å². The predicted octanol–water partition coefficient (Wildman–Crippen LogP) is 2.92. The Labute approximate surface area is 144 Å². The minimum absolute atomic E-state index is 0.00600. The number of nitrogens with zero attached hydrogens (tertiary/aromatic N) is 1. The molecule has 0 aliphatic carbocycles. The number of H-pyrrole nitrogens is 1. The normalized spacial score (nSPS) is 11.4. The van der Waals surface area contributed by atoms with E-state index in [4.69, 9.17) is 21.3 Å². The van der Waals surface area contributed by atoms with Gasteiger partial charge in [0.15, 0.2) is 15.7 Å². The van der Waals surface area contributed by atoms with Crippen molar-refractivity contribution in [2.45, 2.75) is 4.90 Å². The van der Waals surface area contributed by atoms with Gasteiger partial charge in [-0.15, -0.1) is 0 Å². The Morgan fingerprint density at radius 2 is 2.12 bits per heavy atom. The summed E-state index contributed by atoms with van der Waals surface area (Å²) in [6, 6.07) is 6.01. The molecule has 0 radical (unpaired) electrons. The van der Waals surface area contributed by atoms with E-state index in [1.165, 1.54) is 12.1 Å². The molecule has 0 aliphatic rings. The van der Waals surface area contributed by atoms with Crippen LogP contribution in [0.2, 0.25) is 5.22 Å². The number of furan rings is 1. The number of sulfonamides is 1. The molecule has 2 heterocycles. The average Bonchev–Trinajstić information content (AvgIpc) is 3.04.